The molecular weight excluding hydrogens is 544 g/mol. The standard InChI is InChI=1S/C16H26O4S.C16H26O2S/c1-4-6-7-8-9-10-11-16(3)13(12-14(17)21-16)20-15(18)19-5-2;1-4-6-7-8-9-10-12-16(3)14(17)13(11-5-2)15(18)19-16/h12H,4-11H2,1-3H3;5,17H,2,4,6-12H2,1,3H3/t2*16-/m11/s1. The highest BCUT2D eigenvalue weighted by molar-refractivity contribution is 8.16. The molecule has 0 aromatic carbocycles. The first-order valence-electron chi connectivity index (χ1n) is 15.1. The monoisotopic (exact) mass is 596 g/mol. The summed E-state index contributed by atoms with van der Waals surface area (Å²) < 4.78 is 9.13. The summed E-state index contributed by atoms with van der Waals surface area (Å²) in [5.41, 5.74) is 0.550. The Balaban J connectivity index is 0.000000402. The van der Waals surface area contributed by atoms with E-state index in [4.69, 9.17) is 9.47 Å². The number of ether oxygens (including phenoxy) is 2. The Labute approximate surface area is 251 Å². The summed E-state index contributed by atoms with van der Waals surface area (Å²) >= 11 is 2.52. The number of aliphatic hydroxyl groups excluding tert-OH is 1. The molecule has 0 unspecified atom stereocenters. The maximum atomic E-state index is 11.9. The number of hydrogen-bond donors (Lipinski definition) is 1. The molecule has 0 fully saturated rings. The van der Waals surface area contributed by atoms with E-state index in [0.717, 1.165) is 32.1 Å². The van der Waals surface area contributed by atoms with Gasteiger partial charge in [0.1, 0.15) is 11.5 Å². The van der Waals surface area contributed by atoms with Crippen molar-refractivity contribution in [2.24, 2.45) is 0 Å². The quantitative estimate of drug-likeness (QED) is 0.0949. The fourth-order valence-electron chi connectivity index (χ4n) is 4.82. The van der Waals surface area contributed by atoms with Crippen LogP contribution in [0.1, 0.15) is 131 Å². The summed E-state index contributed by atoms with van der Waals surface area (Å²) in [6.07, 6.45) is 19.1. The SMILES string of the molecule is C=CCC1=C(O)[C@@](C)(CCCCCCCC)SC1=O.CCCCCCCC[C@@]1(C)SC(=O)C=C1OC(=O)OCC. The van der Waals surface area contributed by atoms with Gasteiger partial charge in [0.2, 0.25) is 10.2 Å². The van der Waals surface area contributed by atoms with Gasteiger partial charge in [-0.05, 0) is 40.0 Å². The molecular formula is C32H52O6S2. The Kier molecular flexibility index (Phi) is 17.7. The molecule has 0 aliphatic carbocycles. The molecule has 2 aliphatic heterocycles. The summed E-state index contributed by atoms with van der Waals surface area (Å²) in [5.74, 6) is 0.723. The second-order valence-electron chi connectivity index (χ2n) is 10.9. The average Bonchev–Trinajstić information content (AvgIpc) is 3.30. The van der Waals surface area contributed by atoms with Gasteiger partial charge in [-0.1, -0.05) is 120 Å². The molecule has 0 bridgehead atoms. The fourth-order valence-corrected chi connectivity index (χ4v) is 7.06. The molecule has 2 rings (SSSR count). The summed E-state index contributed by atoms with van der Waals surface area (Å²) in [6, 6.07) is 0. The predicted molar refractivity (Wildman–Crippen MR) is 169 cm³/mol. The van der Waals surface area contributed by atoms with Gasteiger partial charge in [0.15, 0.2) is 0 Å². The summed E-state index contributed by atoms with van der Waals surface area (Å²) in [5, 5.41) is 10.2. The molecule has 0 saturated heterocycles. The zero-order valence-electron chi connectivity index (χ0n) is 25.5. The van der Waals surface area contributed by atoms with Gasteiger partial charge in [-0.2, -0.15) is 0 Å². The van der Waals surface area contributed by atoms with E-state index in [-0.39, 0.29) is 22.6 Å². The molecule has 2 atom stereocenters. The van der Waals surface area contributed by atoms with Gasteiger partial charge in [0, 0.05) is 11.6 Å². The molecule has 0 amide bonds. The number of hydrogen-bond acceptors (Lipinski definition) is 8. The lowest BCUT2D eigenvalue weighted by Crippen LogP contribution is -2.24. The van der Waals surface area contributed by atoms with Crippen LogP contribution in [0.4, 0.5) is 4.79 Å². The van der Waals surface area contributed by atoms with Crippen LogP contribution < -0.4 is 0 Å². The number of thioether (sulfide) groups is 2. The van der Waals surface area contributed by atoms with Crippen molar-refractivity contribution in [2.75, 3.05) is 6.61 Å². The maximum Gasteiger partial charge on any atom is 0.513 e. The van der Waals surface area contributed by atoms with Crippen molar-refractivity contribution in [3.05, 3.63) is 35.8 Å². The lowest BCUT2D eigenvalue weighted by molar-refractivity contribution is -0.108. The first kappa shape index (κ1) is 36.4. The van der Waals surface area contributed by atoms with Crippen molar-refractivity contribution in [2.45, 2.75) is 140 Å². The van der Waals surface area contributed by atoms with Crippen LogP contribution >= 0.6 is 23.5 Å². The highest BCUT2D eigenvalue weighted by atomic mass is 32.2. The van der Waals surface area contributed by atoms with Crippen LogP contribution in [0.2, 0.25) is 0 Å². The average molecular weight is 597 g/mol. The molecule has 0 spiro atoms. The van der Waals surface area contributed by atoms with E-state index < -0.39 is 15.6 Å². The molecule has 40 heavy (non-hydrogen) atoms. The molecule has 6 nitrogen and oxygen atoms in total. The van der Waals surface area contributed by atoms with Crippen molar-refractivity contribution >= 4 is 39.9 Å². The number of unbranched alkanes of at least 4 members (excludes halogenated alkanes) is 10. The highest BCUT2D eigenvalue weighted by Gasteiger charge is 2.42. The van der Waals surface area contributed by atoms with Crippen LogP contribution in [-0.2, 0) is 19.1 Å². The Bertz CT molecular complexity index is 896. The van der Waals surface area contributed by atoms with E-state index in [1.165, 1.54) is 87.4 Å². The van der Waals surface area contributed by atoms with Crippen molar-refractivity contribution in [3.63, 3.8) is 0 Å². The van der Waals surface area contributed by atoms with E-state index in [9.17, 15) is 19.5 Å². The molecule has 2 aliphatic rings. The van der Waals surface area contributed by atoms with Gasteiger partial charge in [0.05, 0.1) is 16.1 Å². The van der Waals surface area contributed by atoms with Gasteiger partial charge < -0.3 is 14.6 Å². The normalized spacial score (nSPS) is 22.2. The Morgan fingerprint density at radius 1 is 0.875 bits per heavy atom. The van der Waals surface area contributed by atoms with Crippen molar-refractivity contribution in [3.8, 4) is 0 Å². The zero-order chi connectivity index (χ0) is 30.0. The van der Waals surface area contributed by atoms with Crippen molar-refractivity contribution in [1.29, 1.82) is 0 Å². The van der Waals surface area contributed by atoms with E-state index >= 15 is 0 Å². The third-order valence-electron chi connectivity index (χ3n) is 7.27. The first-order chi connectivity index (χ1) is 19.1. The van der Waals surface area contributed by atoms with Crippen molar-refractivity contribution in [1.82, 2.24) is 0 Å². The van der Waals surface area contributed by atoms with Gasteiger partial charge in [0.25, 0.3) is 0 Å². The van der Waals surface area contributed by atoms with Crippen LogP contribution in [-0.4, -0.2) is 37.6 Å². The molecule has 8 heteroatoms. The summed E-state index contributed by atoms with van der Waals surface area (Å²) in [6.45, 7) is 14.0. The van der Waals surface area contributed by atoms with E-state index in [2.05, 4.69) is 20.4 Å². The number of allylic oxidation sites excluding steroid dienone is 1. The minimum Gasteiger partial charge on any atom is -0.510 e. The molecule has 2 heterocycles. The molecule has 0 saturated carbocycles. The third kappa shape index (κ3) is 12.5. The largest absolute Gasteiger partial charge is 0.513 e. The minimum atomic E-state index is -0.728. The van der Waals surface area contributed by atoms with Crippen LogP contribution in [0.15, 0.2) is 35.8 Å². The highest BCUT2D eigenvalue weighted by Crippen LogP contribution is 2.47. The minimum absolute atomic E-state index is 0.0193. The topological polar surface area (TPSA) is 89.9 Å². The number of aliphatic hydroxyl groups is 1. The Hall–Kier alpha value is -1.67. The zero-order valence-corrected chi connectivity index (χ0v) is 27.1. The van der Waals surface area contributed by atoms with Gasteiger partial charge in [-0.25, -0.2) is 4.79 Å². The maximum absolute atomic E-state index is 11.9. The van der Waals surface area contributed by atoms with Crippen LogP contribution in [0.3, 0.4) is 0 Å². The Morgan fingerprint density at radius 3 is 1.93 bits per heavy atom. The van der Waals surface area contributed by atoms with E-state index in [0.29, 0.717) is 17.8 Å². The number of carbonyl (C=O) groups is 3. The second kappa shape index (κ2) is 19.5. The number of carbonyl (C=O) groups excluding carboxylic acids is 3. The predicted octanol–water partition coefficient (Wildman–Crippen LogP) is 9.98. The smallest absolute Gasteiger partial charge is 0.510 e. The van der Waals surface area contributed by atoms with Crippen LogP contribution in [0.25, 0.3) is 0 Å². The summed E-state index contributed by atoms with van der Waals surface area (Å²) in [4.78, 5) is 34.9. The summed E-state index contributed by atoms with van der Waals surface area (Å²) in [7, 11) is 0. The lowest BCUT2D eigenvalue weighted by Gasteiger charge is -2.24. The van der Waals surface area contributed by atoms with E-state index in [1.54, 1.807) is 13.0 Å². The van der Waals surface area contributed by atoms with Gasteiger partial charge in [-0.15, -0.1) is 6.58 Å². The van der Waals surface area contributed by atoms with Crippen LogP contribution in [0, 0.1) is 0 Å². The third-order valence-corrected chi connectivity index (χ3v) is 9.72. The molecule has 0 aromatic rings. The molecule has 0 aromatic heterocycles. The Morgan fingerprint density at radius 2 is 1.40 bits per heavy atom. The molecule has 228 valence electrons. The van der Waals surface area contributed by atoms with Crippen molar-refractivity contribution < 1.29 is 29.0 Å². The fraction of sp³-hybridized carbons (Fsp3) is 0.719. The number of rotatable bonds is 18. The molecule has 0 radical (unpaired) electrons. The van der Waals surface area contributed by atoms with Crippen LogP contribution in [0.5, 0.6) is 0 Å². The van der Waals surface area contributed by atoms with E-state index in [1.807, 2.05) is 13.8 Å². The molecule has 1 N–H and O–H groups in total. The second-order valence-corrected chi connectivity index (χ2v) is 13.9. The van der Waals surface area contributed by atoms with Gasteiger partial charge >= 0.3 is 6.16 Å². The van der Waals surface area contributed by atoms with Gasteiger partial charge in [-0.3, -0.25) is 9.59 Å². The lowest BCUT2D eigenvalue weighted by atomic mass is 9.96. The first-order valence-corrected chi connectivity index (χ1v) is 16.8.